The SMILES string of the molecule is CCCCC(CC)C(CCC1CCCO1)NN. The molecule has 3 unspecified atom stereocenters. The number of ether oxygens (including phenoxy) is 1. The normalized spacial score (nSPS) is 23.8. The fraction of sp³-hybridized carbons (Fsp3) is 1.00. The molecule has 3 N–H and O–H groups in total. The largest absolute Gasteiger partial charge is 0.378 e. The van der Waals surface area contributed by atoms with Crippen molar-refractivity contribution >= 4 is 0 Å². The second-order valence-electron chi connectivity index (χ2n) is 5.30. The number of rotatable bonds is 9. The molecule has 0 aromatic rings. The Hall–Kier alpha value is -0.120. The summed E-state index contributed by atoms with van der Waals surface area (Å²) in [5.41, 5.74) is 3.03. The highest BCUT2D eigenvalue weighted by Gasteiger charge is 2.21. The first-order chi connectivity index (χ1) is 8.31. The highest BCUT2D eigenvalue weighted by Crippen LogP contribution is 2.23. The molecule has 0 aliphatic carbocycles. The summed E-state index contributed by atoms with van der Waals surface area (Å²) in [4.78, 5) is 0. The Kier molecular flexibility index (Phi) is 7.82. The van der Waals surface area contributed by atoms with Gasteiger partial charge in [-0.1, -0.05) is 33.1 Å². The number of nitrogens with one attached hydrogen (secondary N) is 1. The topological polar surface area (TPSA) is 47.3 Å². The van der Waals surface area contributed by atoms with Crippen molar-refractivity contribution in [3.63, 3.8) is 0 Å². The predicted molar refractivity (Wildman–Crippen MR) is 72.6 cm³/mol. The van der Waals surface area contributed by atoms with E-state index in [-0.39, 0.29) is 0 Å². The van der Waals surface area contributed by atoms with Gasteiger partial charge in [0.05, 0.1) is 6.10 Å². The van der Waals surface area contributed by atoms with E-state index >= 15 is 0 Å². The van der Waals surface area contributed by atoms with E-state index in [0.29, 0.717) is 12.1 Å². The molecule has 0 saturated carbocycles. The Balaban J connectivity index is 2.28. The monoisotopic (exact) mass is 242 g/mol. The highest BCUT2D eigenvalue weighted by molar-refractivity contribution is 4.76. The molecule has 0 aromatic carbocycles. The summed E-state index contributed by atoms with van der Waals surface area (Å²) in [6.07, 6.45) is 10.4. The smallest absolute Gasteiger partial charge is 0.0576 e. The molecule has 0 spiro atoms. The molecule has 1 fully saturated rings. The van der Waals surface area contributed by atoms with E-state index in [9.17, 15) is 0 Å². The van der Waals surface area contributed by atoms with Gasteiger partial charge in [0.25, 0.3) is 0 Å². The molecule has 0 radical (unpaired) electrons. The van der Waals surface area contributed by atoms with E-state index in [0.717, 1.165) is 25.4 Å². The molecular formula is C14H30N2O. The lowest BCUT2D eigenvalue weighted by molar-refractivity contribution is 0.0965. The molecule has 3 nitrogen and oxygen atoms in total. The van der Waals surface area contributed by atoms with Gasteiger partial charge in [-0.3, -0.25) is 11.3 Å². The van der Waals surface area contributed by atoms with Crippen molar-refractivity contribution in [1.29, 1.82) is 0 Å². The van der Waals surface area contributed by atoms with E-state index < -0.39 is 0 Å². The van der Waals surface area contributed by atoms with Gasteiger partial charge < -0.3 is 4.74 Å². The summed E-state index contributed by atoms with van der Waals surface area (Å²) in [6, 6.07) is 0.468. The quantitative estimate of drug-likeness (QED) is 0.482. The van der Waals surface area contributed by atoms with Crippen LogP contribution in [0.3, 0.4) is 0 Å². The second-order valence-corrected chi connectivity index (χ2v) is 5.30. The molecule has 102 valence electrons. The van der Waals surface area contributed by atoms with E-state index in [4.69, 9.17) is 10.6 Å². The summed E-state index contributed by atoms with van der Waals surface area (Å²) >= 11 is 0. The van der Waals surface area contributed by atoms with Crippen molar-refractivity contribution in [3.05, 3.63) is 0 Å². The van der Waals surface area contributed by atoms with Crippen molar-refractivity contribution in [2.45, 2.75) is 77.4 Å². The lowest BCUT2D eigenvalue weighted by Gasteiger charge is -2.26. The fourth-order valence-corrected chi connectivity index (χ4v) is 2.85. The Morgan fingerprint density at radius 1 is 1.35 bits per heavy atom. The summed E-state index contributed by atoms with van der Waals surface area (Å²) in [5, 5.41) is 0. The minimum atomic E-state index is 0.468. The highest BCUT2D eigenvalue weighted by atomic mass is 16.5. The Bertz CT molecular complexity index is 181. The molecule has 1 aliphatic heterocycles. The second kappa shape index (κ2) is 8.90. The van der Waals surface area contributed by atoms with Crippen LogP contribution in [0.4, 0.5) is 0 Å². The fourth-order valence-electron chi connectivity index (χ4n) is 2.85. The van der Waals surface area contributed by atoms with Crippen LogP contribution >= 0.6 is 0 Å². The molecule has 0 bridgehead atoms. The summed E-state index contributed by atoms with van der Waals surface area (Å²) in [6.45, 7) is 5.49. The van der Waals surface area contributed by atoms with Crippen LogP contribution in [0.5, 0.6) is 0 Å². The molecular weight excluding hydrogens is 212 g/mol. The van der Waals surface area contributed by atoms with Gasteiger partial charge in [-0.05, 0) is 38.0 Å². The van der Waals surface area contributed by atoms with Crippen LogP contribution in [-0.2, 0) is 4.74 Å². The Morgan fingerprint density at radius 2 is 2.18 bits per heavy atom. The lowest BCUT2D eigenvalue weighted by atomic mass is 9.88. The predicted octanol–water partition coefficient (Wildman–Crippen LogP) is 2.99. The van der Waals surface area contributed by atoms with Crippen molar-refractivity contribution in [2.24, 2.45) is 11.8 Å². The van der Waals surface area contributed by atoms with Crippen LogP contribution in [0, 0.1) is 5.92 Å². The number of hydrogen-bond acceptors (Lipinski definition) is 3. The third kappa shape index (κ3) is 5.36. The summed E-state index contributed by atoms with van der Waals surface area (Å²) in [5.74, 6) is 6.44. The van der Waals surface area contributed by atoms with Crippen LogP contribution in [-0.4, -0.2) is 18.8 Å². The molecule has 17 heavy (non-hydrogen) atoms. The van der Waals surface area contributed by atoms with E-state index in [1.165, 1.54) is 38.5 Å². The minimum Gasteiger partial charge on any atom is -0.378 e. The van der Waals surface area contributed by atoms with Crippen molar-refractivity contribution < 1.29 is 4.74 Å². The maximum Gasteiger partial charge on any atom is 0.0576 e. The van der Waals surface area contributed by atoms with E-state index in [1.807, 2.05) is 0 Å². The van der Waals surface area contributed by atoms with Crippen molar-refractivity contribution in [1.82, 2.24) is 5.43 Å². The Labute approximate surface area is 106 Å². The van der Waals surface area contributed by atoms with Crippen LogP contribution in [0.15, 0.2) is 0 Å². The zero-order valence-corrected chi connectivity index (χ0v) is 11.6. The third-order valence-electron chi connectivity index (χ3n) is 4.06. The van der Waals surface area contributed by atoms with Gasteiger partial charge in [-0.15, -0.1) is 0 Å². The maximum atomic E-state index is 5.71. The maximum absolute atomic E-state index is 5.71. The van der Waals surface area contributed by atoms with Crippen LogP contribution in [0.1, 0.15) is 65.2 Å². The number of nitrogens with two attached hydrogens (primary N) is 1. The molecule has 1 rings (SSSR count). The first-order valence-corrected chi connectivity index (χ1v) is 7.39. The van der Waals surface area contributed by atoms with Gasteiger partial charge in [0.1, 0.15) is 0 Å². The molecule has 0 amide bonds. The average Bonchev–Trinajstić information content (AvgIpc) is 2.86. The van der Waals surface area contributed by atoms with E-state index in [2.05, 4.69) is 19.3 Å². The average molecular weight is 242 g/mol. The third-order valence-corrected chi connectivity index (χ3v) is 4.06. The molecule has 1 aliphatic rings. The molecule has 3 heteroatoms. The molecule has 3 atom stereocenters. The molecule has 1 saturated heterocycles. The van der Waals surface area contributed by atoms with E-state index in [1.54, 1.807) is 0 Å². The molecule has 1 heterocycles. The van der Waals surface area contributed by atoms with Gasteiger partial charge in [-0.25, -0.2) is 0 Å². The summed E-state index contributed by atoms with van der Waals surface area (Å²) < 4.78 is 5.67. The van der Waals surface area contributed by atoms with Gasteiger partial charge in [-0.2, -0.15) is 0 Å². The standard InChI is InChI=1S/C14H30N2O/c1-3-5-7-12(4-2)14(16-15)10-9-13-8-6-11-17-13/h12-14,16H,3-11,15H2,1-2H3. The van der Waals surface area contributed by atoms with Crippen LogP contribution in [0.25, 0.3) is 0 Å². The number of hydrogen-bond donors (Lipinski definition) is 2. The Morgan fingerprint density at radius 3 is 2.71 bits per heavy atom. The van der Waals surface area contributed by atoms with Crippen molar-refractivity contribution in [3.8, 4) is 0 Å². The zero-order chi connectivity index (χ0) is 12.5. The van der Waals surface area contributed by atoms with Gasteiger partial charge >= 0.3 is 0 Å². The number of unbranched alkanes of at least 4 members (excludes halogenated alkanes) is 1. The first kappa shape index (κ1) is 14.9. The van der Waals surface area contributed by atoms with Gasteiger partial charge in [0, 0.05) is 12.6 Å². The van der Waals surface area contributed by atoms with Crippen LogP contribution in [0.2, 0.25) is 0 Å². The van der Waals surface area contributed by atoms with Crippen LogP contribution < -0.4 is 11.3 Å². The zero-order valence-electron chi connectivity index (χ0n) is 11.6. The van der Waals surface area contributed by atoms with Gasteiger partial charge in [0.2, 0.25) is 0 Å². The van der Waals surface area contributed by atoms with Gasteiger partial charge in [0.15, 0.2) is 0 Å². The first-order valence-electron chi connectivity index (χ1n) is 7.39. The van der Waals surface area contributed by atoms with Crippen molar-refractivity contribution in [2.75, 3.05) is 6.61 Å². The number of hydrazine groups is 1. The molecule has 0 aromatic heterocycles. The lowest BCUT2D eigenvalue weighted by Crippen LogP contribution is -2.41. The summed E-state index contributed by atoms with van der Waals surface area (Å²) in [7, 11) is 0. The minimum absolute atomic E-state index is 0.468.